The number of cyclic esters (lactones) is 2. The van der Waals surface area contributed by atoms with Gasteiger partial charge in [-0.2, -0.15) is 0 Å². The third-order valence-electron chi connectivity index (χ3n) is 5.17. The molecule has 0 spiro atoms. The van der Waals surface area contributed by atoms with Crippen LogP contribution in [0, 0.1) is 0 Å². The lowest BCUT2D eigenvalue weighted by molar-refractivity contribution is -0.167. The SMILES string of the molecule is O=C1OCCCCCCCCCCCCCCCCCCCCOC1=O. The summed E-state index contributed by atoms with van der Waals surface area (Å²) in [5.74, 6) is -1.67. The quantitative estimate of drug-likeness (QED) is 0.382. The van der Waals surface area contributed by atoms with Gasteiger partial charge < -0.3 is 9.47 Å². The Labute approximate surface area is 160 Å². The van der Waals surface area contributed by atoms with Crippen LogP contribution in [0.4, 0.5) is 0 Å². The fraction of sp³-hybridized carbons (Fsp3) is 0.909. The van der Waals surface area contributed by atoms with Crippen LogP contribution < -0.4 is 0 Å². The summed E-state index contributed by atoms with van der Waals surface area (Å²) in [4.78, 5) is 23.1. The largest absolute Gasteiger partial charge is 0.457 e. The number of hydrogen-bond acceptors (Lipinski definition) is 4. The van der Waals surface area contributed by atoms with E-state index in [0.29, 0.717) is 13.2 Å². The normalized spacial score (nSPS) is 22.6. The molecule has 26 heavy (non-hydrogen) atoms. The van der Waals surface area contributed by atoms with Crippen LogP contribution in [0.2, 0.25) is 0 Å². The highest BCUT2D eigenvalue weighted by molar-refractivity contribution is 6.29. The second kappa shape index (κ2) is 17.4. The molecule has 0 amide bonds. The molecule has 4 nitrogen and oxygen atoms in total. The number of hydrogen-bond donors (Lipinski definition) is 0. The Hall–Kier alpha value is -1.06. The average molecular weight is 369 g/mol. The summed E-state index contributed by atoms with van der Waals surface area (Å²) in [6, 6.07) is 0. The van der Waals surface area contributed by atoms with Gasteiger partial charge in [-0.3, -0.25) is 0 Å². The molecule has 1 rings (SSSR count). The van der Waals surface area contributed by atoms with Crippen LogP contribution in [0.25, 0.3) is 0 Å². The first-order chi connectivity index (χ1) is 12.8. The molecule has 1 aliphatic heterocycles. The van der Waals surface area contributed by atoms with E-state index in [2.05, 4.69) is 0 Å². The monoisotopic (exact) mass is 368 g/mol. The summed E-state index contributed by atoms with van der Waals surface area (Å²) < 4.78 is 9.96. The van der Waals surface area contributed by atoms with Gasteiger partial charge in [-0.25, -0.2) is 9.59 Å². The summed E-state index contributed by atoms with van der Waals surface area (Å²) in [7, 11) is 0. The number of esters is 2. The third-order valence-corrected chi connectivity index (χ3v) is 5.17. The van der Waals surface area contributed by atoms with Gasteiger partial charge in [0.2, 0.25) is 0 Å². The van der Waals surface area contributed by atoms with Gasteiger partial charge in [0.25, 0.3) is 0 Å². The highest BCUT2D eigenvalue weighted by atomic mass is 16.6. The Morgan fingerprint density at radius 2 is 0.538 bits per heavy atom. The molecule has 0 aliphatic carbocycles. The van der Waals surface area contributed by atoms with Crippen molar-refractivity contribution in [3.63, 3.8) is 0 Å². The van der Waals surface area contributed by atoms with E-state index in [1.807, 2.05) is 0 Å². The molecule has 0 N–H and O–H groups in total. The van der Waals surface area contributed by atoms with Crippen molar-refractivity contribution in [2.45, 2.75) is 116 Å². The number of carbonyl (C=O) groups excluding carboxylic acids is 2. The smallest absolute Gasteiger partial charge is 0.417 e. The summed E-state index contributed by atoms with van der Waals surface area (Å²) in [5.41, 5.74) is 0. The molecule has 0 aromatic carbocycles. The Kier molecular flexibility index (Phi) is 15.3. The van der Waals surface area contributed by atoms with E-state index in [0.717, 1.165) is 25.7 Å². The molecule has 0 aromatic rings. The molecule has 0 atom stereocenters. The average Bonchev–Trinajstić information content (AvgIpc) is 2.64. The Morgan fingerprint density at radius 1 is 0.346 bits per heavy atom. The molecule has 1 heterocycles. The topological polar surface area (TPSA) is 52.6 Å². The van der Waals surface area contributed by atoms with Gasteiger partial charge in [-0.15, -0.1) is 0 Å². The van der Waals surface area contributed by atoms with Crippen molar-refractivity contribution in [1.29, 1.82) is 0 Å². The van der Waals surface area contributed by atoms with Crippen LogP contribution in [0.5, 0.6) is 0 Å². The standard InChI is InChI=1S/C22H40O4/c23-21-22(24)26-20-18-16-14-12-10-8-6-4-2-1-3-5-7-9-11-13-15-17-19-25-21/h1-20H2. The van der Waals surface area contributed by atoms with Crippen molar-refractivity contribution in [2.75, 3.05) is 13.2 Å². The molecule has 1 saturated heterocycles. The first kappa shape index (κ1) is 23.0. The van der Waals surface area contributed by atoms with Crippen LogP contribution in [-0.4, -0.2) is 25.2 Å². The van der Waals surface area contributed by atoms with Gasteiger partial charge in [0, 0.05) is 0 Å². The molecule has 1 aliphatic rings. The van der Waals surface area contributed by atoms with Crippen LogP contribution in [-0.2, 0) is 19.1 Å². The zero-order chi connectivity index (χ0) is 18.7. The number of carbonyl (C=O) groups is 2. The van der Waals surface area contributed by atoms with E-state index in [1.165, 1.54) is 89.9 Å². The van der Waals surface area contributed by atoms with E-state index in [1.54, 1.807) is 0 Å². The molecule has 0 bridgehead atoms. The Balaban J connectivity index is 2.16. The maximum atomic E-state index is 11.5. The van der Waals surface area contributed by atoms with E-state index in [4.69, 9.17) is 9.47 Å². The molecular weight excluding hydrogens is 328 g/mol. The fourth-order valence-electron chi connectivity index (χ4n) is 3.48. The van der Waals surface area contributed by atoms with E-state index >= 15 is 0 Å². The molecule has 0 radical (unpaired) electrons. The van der Waals surface area contributed by atoms with Crippen LogP contribution >= 0.6 is 0 Å². The van der Waals surface area contributed by atoms with Gasteiger partial charge in [0.1, 0.15) is 0 Å². The zero-order valence-electron chi connectivity index (χ0n) is 16.8. The van der Waals surface area contributed by atoms with Crippen molar-refractivity contribution in [2.24, 2.45) is 0 Å². The molecular formula is C22H40O4. The number of rotatable bonds is 0. The van der Waals surface area contributed by atoms with Crippen LogP contribution in [0.15, 0.2) is 0 Å². The van der Waals surface area contributed by atoms with E-state index < -0.39 is 11.9 Å². The minimum Gasteiger partial charge on any atom is -0.457 e. The van der Waals surface area contributed by atoms with E-state index in [-0.39, 0.29) is 0 Å². The summed E-state index contributed by atoms with van der Waals surface area (Å²) in [5, 5.41) is 0. The maximum Gasteiger partial charge on any atom is 0.417 e. The van der Waals surface area contributed by atoms with Gasteiger partial charge in [0.15, 0.2) is 0 Å². The molecule has 152 valence electrons. The third kappa shape index (κ3) is 14.1. The van der Waals surface area contributed by atoms with Gasteiger partial charge in [0.05, 0.1) is 13.2 Å². The molecule has 0 unspecified atom stereocenters. The van der Waals surface area contributed by atoms with Crippen LogP contribution in [0.3, 0.4) is 0 Å². The fourth-order valence-corrected chi connectivity index (χ4v) is 3.48. The highest BCUT2D eigenvalue weighted by Gasteiger charge is 2.16. The minimum absolute atomic E-state index is 0.327. The molecule has 0 aromatic heterocycles. The predicted octanol–water partition coefficient (Wildman–Crippen LogP) is 6.11. The van der Waals surface area contributed by atoms with Crippen molar-refractivity contribution in [1.82, 2.24) is 0 Å². The number of ether oxygens (including phenoxy) is 2. The van der Waals surface area contributed by atoms with Crippen molar-refractivity contribution in [3.8, 4) is 0 Å². The van der Waals surface area contributed by atoms with Crippen LogP contribution in [0.1, 0.15) is 116 Å². The lowest BCUT2D eigenvalue weighted by Crippen LogP contribution is -2.21. The molecule has 0 saturated carbocycles. The molecule has 4 heteroatoms. The first-order valence-corrected chi connectivity index (χ1v) is 11.1. The second-order valence-electron chi connectivity index (χ2n) is 7.64. The first-order valence-electron chi connectivity index (χ1n) is 11.1. The summed E-state index contributed by atoms with van der Waals surface area (Å²) in [6.45, 7) is 0.655. The van der Waals surface area contributed by atoms with Crippen molar-refractivity contribution >= 4 is 11.9 Å². The lowest BCUT2D eigenvalue weighted by atomic mass is 10.0. The molecule has 1 fully saturated rings. The Bertz CT molecular complexity index is 320. The van der Waals surface area contributed by atoms with Crippen molar-refractivity contribution in [3.05, 3.63) is 0 Å². The minimum atomic E-state index is -0.834. The zero-order valence-corrected chi connectivity index (χ0v) is 16.8. The predicted molar refractivity (Wildman–Crippen MR) is 105 cm³/mol. The maximum absolute atomic E-state index is 11.5. The lowest BCUT2D eigenvalue weighted by Gasteiger charge is -2.07. The van der Waals surface area contributed by atoms with Gasteiger partial charge in [-0.1, -0.05) is 103 Å². The van der Waals surface area contributed by atoms with Gasteiger partial charge in [-0.05, 0) is 12.8 Å². The summed E-state index contributed by atoms with van der Waals surface area (Å²) >= 11 is 0. The Morgan fingerprint density at radius 3 is 0.769 bits per heavy atom. The van der Waals surface area contributed by atoms with E-state index in [9.17, 15) is 9.59 Å². The van der Waals surface area contributed by atoms with Gasteiger partial charge >= 0.3 is 11.9 Å². The highest BCUT2D eigenvalue weighted by Crippen LogP contribution is 2.14. The summed E-state index contributed by atoms with van der Waals surface area (Å²) in [6.07, 6.45) is 22.3. The van der Waals surface area contributed by atoms with Crippen molar-refractivity contribution < 1.29 is 19.1 Å². The second-order valence-corrected chi connectivity index (χ2v) is 7.64.